The Bertz CT molecular complexity index is 385. The quantitative estimate of drug-likeness (QED) is 0.888. The van der Waals surface area contributed by atoms with Gasteiger partial charge in [0.15, 0.2) is 0 Å². The fraction of sp³-hybridized carbons (Fsp3) is 0.222. The lowest BCUT2D eigenvalue weighted by Crippen LogP contribution is -2.25. The molecule has 0 aromatic heterocycles. The molecule has 0 aliphatic rings. The number of rotatable bonds is 2. The molecule has 0 spiro atoms. The Kier molecular flexibility index (Phi) is 3.19. The van der Waals surface area contributed by atoms with E-state index in [9.17, 15) is 8.78 Å². The van der Waals surface area contributed by atoms with E-state index < -0.39 is 12.5 Å². The molecule has 0 saturated carbocycles. The standard InChI is InChI=1S/C9H7BrF2N2/c10-8-2-1-6(4-13)3-7(8)9(11,12)5-14/h1-3H,5,14H2. The zero-order valence-corrected chi connectivity index (χ0v) is 8.68. The van der Waals surface area contributed by atoms with Crippen LogP contribution in [-0.2, 0) is 5.92 Å². The molecule has 1 aromatic carbocycles. The van der Waals surface area contributed by atoms with Crippen LogP contribution in [-0.4, -0.2) is 6.54 Å². The van der Waals surface area contributed by atoms with Crippen LogP contribution < -0.4 is 5.73 Å². The van der Waals surface area contributed by atoms with Crippen molar-refractivity contribution in [2.75, 3.05) is 6.54 Å². The Morgan fingerprint density at radius 2 is 2.14 bits per heavy atom. The number of halogens is 3. The summed E-state index contributed by atoms with van der Waals surface area (Å²) in [7, 11) is 0. The minimum atomic E-state index is -3.11. The third kappa shape index (κ3) is 2.08. The Labute approximate surface area is 88.5 Å². The highest BCUT2D eigenvalue weighted by Gasteiger charge is 2.31. The zero-order chi connectivity index (χ0) is 10.8. The molecule has 14 heavy (non-hydrogen) atoms. The van der Waals surface area contributed by atoms with Gasteiger partial charge in [-0.2, -0.15) is 14.0 Å². The van der Waals surface area contributed by atoms with Gasteiger partial charge in [-0.3, -0.25) is 0 Å². The molecule has 0 unspecified atom stereocenters. The van der Waals surface area contributed by atoms with Gasteiger partial charge in [0.1, 0.15) is 0 Å². The van der Waals surface area contributed by atoms with Gasteiger partial charge in [-0.25, -0.2) is 0 Å². The van der Waals surface area contributed by atoms with Crippen molar-refractivity contribution in [2.24, 2.45) is 5.73 Å². The number of nitrogens with two attached hydrogens (primary N) is 1. The first-order chi connectivity index (χ1) is 6.51. The molecule has 0 saturated heterocycles. The van der Waals surface area contributed by atoms with Crippen LogP contribution in [0.25, 0.3) is 0 Å². The topological polar surface area (TPSA) is 49.8 Å². The van der Waals surface area contributed by atoms with Crippen LogP contribution in [0.3, 0.4) is 0 Å². The van der Waals surface area contributed by atoms with Crippen LogP contribution in [0, 0.1) is 11.3 Å². The molecule has 1 aromatic rings. The third-order valence-corrected chi connectivity index (χ3v) is 2.44. The molecule has 0 amide bonds. The number of hydrogen-bond acceptors (Lipinski definition) is 2. The van der Waals surface area contributed by atoms with Gasteiger partial charge in [0.2, 0.25) is 0 Å². The molecule has 0 aliphatic carbocycles. The summed E-state index contributed by atoms with van der Waals surface area (Å²) in [6, 6.07) is 5.80. The van der Waals surface area contributed by atoms with Gasteiger partial charge in [0.25, 0.3) is 5.92 Å². The lowest BCUT2D eigenvalue weighted by Gasteiger charge is -2.15. The summed E-state index contributed by atoms with van der Waals surface area (Å²) in [5, 5.41) is 8.55. The molecule has 0 aliphatic heterocycles. The molecular weight excluding hydrogens is 254 g/mol. The van der Waals surface area contributed by atoms with E-state index in [-0.39, 0.29) is 15.6 Å². The van der Waals surface area contributed by atoms with E-state index in [1.165, 1.54) is 12.1 Å². The van der Waals surface area contributed by atoms with Crippen LogP contribution >= 0.6 is 15.9 Å². The van der Waals surface area contributed by atoms with Gasteiger partial charge < -0.3 is 5.73 Å². The molecule has 0 radical (unpaired) electrons. The number of benzene rings is 1. The van der Waals surface area contributed by atoms with Crippen molar-refractivity contribution >= 4 is 15.9 Å². The van der Waals surface area contributed by atoms with E-state index in [0.29, 0.717) is 0 Å². The molecule has 2 N–H and O–H groups in total. The molecule has 0 fully saturated rings. The van der Waals surface area contributed by atoms with Crippen molar-refractivity contribution in [1.29, 1.82) is 5.26 Å². The second-order valence-electron chi connectivity index (χ2n) is 2.72. The van der Waals surface area contributed by atoms with Crippen molar-refractivity contribution in [3.63, 3.8) is 0 Å². The van der Waals surface area contributed by atoms with Gasteiger partial charge in [0, 0.05) is 10.0 Å². The largest absolute Gasteiger partial charge is 0.325 e. The van der Waals surface area contributed by atoms with E-state index in [0.717, 1.165) is 6.07 Å². The van der Waals surface area contributed by atoms with E-state index in [4.69, 9.17) is 11.0 Å². The lowest BCUT2D eigenvalue weighted by molar-refractivity contribution is 0.00518. The van der Waals surface area contributed by atoms with Crippen molar-refractivity contribution in [1.82, 2.24) is 0 Å². The summed E-state index contributed by atoms with van der Waals surface area (Å²) in [5.74, 6) is -3.11. The van der Waals surface area contributed by atoms with Crippen molar-refractivity contribution < 1.29 is 8.78 Å². The summed E-state index contributed by atoms with van der Waals surface area (Å²) < 4.78 is 26.7. The predicted molar refractivity (Wildman–Crippen MR) is 51.8 cm³/mol. The number of nitrogens with zero attached hydrogens (tertiary/aromatic N) is 1. The fourth-order valence-corrected chi connectivity index (χ4v) is 1.52. The van der Waals surface area contributed by atoms with Crippen molar-refractivity contribution in [3.05, 3.63) is 33.8 Å². The first-order valence-electron chi connectivity index (χ1n) is 3.79. The Morgan fingerprint density at radius 1 is 1.50 bits per heavy atom. The number of nitriles is 1. The van der Waals surface area contributed by atoms with Gasteiger partial charge in [-0.05, 0) is 18.2 Å². The van der Waals surface area contributed by atoms with Gasteiger partial charge in [0.05, 0.1) is 18.2 Å². The van der Waals surface area contributed by atoms with Gasteiger partial charge in [-0.15, -0.1) is 0 Å². The van der Waals surface area contributed by atoms with E-state index >= 15 is 0 Å². The van der Waals surface area contributed by atoms with Crippen LogP contribution in [0.15, 0.2) is 22.7 Å². The smallest absolute Gasteiger partial charge is 0.286 e. The Hall–Kier alpha value is -0.990. The van der Waals surface area contributed by atoms with Crippen LogP contribution in [0.1, 0.15) is 11.1 Å². The molecule has 74 valence electrons. The SMILES string of the molecule is N#Cc1ccc(Br)c(C(F)(F)CN)c1. The van der Waals surface area contributed by atoms with Crippen molar-refractivity contribution in [2.45, 2.75) is 5.92 Å². The number of alkyl halides is 2. The summed E-state index contributed by atoms with van der Waals surface area (Å²) in [5.41, 5.74) is 4.89. The molecule has 0 atom stereocenters. The second-order valence-corrected chi connectivity index (χ2v) is 3.57. The second kappa shape index (κ2) is 4.03. The van der Waals surface area contributed by atoms with E-state index in [1.807, 2.05) is 0 Å². The maximum absolute atomic E-state index is 13.2. The van der Waals surface area contributed by atoms with E-state index in [2.05, 4.69) is 15.9 Å². The summed E-state index contributed by atoms with van der Waals surface area (Å²) in [6.07, 6.45) is 0. The molecule has 0 heterocycles. The Balaban J connectivity index is 3.27. The average molecular weight is 261 g/mol. The van der Waals surface area contributed by atoms with Crippen molar-refractivity contribution in [3.8, 4) is 6.07 Å². The van der Waals surface area contributed by atoms with Gasteiger partial charge >= 0.3 is 0 Å². The summed E-state index contributed by atoms with van der Waals surface area (Å²) in [6.45, 7) is -0.777. The molecular formula is C9H7BrF2N2. The van der Waals surface area contributed by atoms with Gasteiger partial charge in [-0.1, -0.05) is 15.9 Å². The highest BCUT2D eigenvalue weighted by atomic mass is 79.9. The predicted octanol–water partition coefficient (Wildman–Crippen LogP) is 2.37. The molecule has 0 bridgehead atoms. The fourth-order valence-electron chi connectivity index (χ4n) is 0.985. The maximum atomic E-state index is 13.2. The summed E-state index contributed by atoms with van der Waals surface area (Å²) in [4.78, 5) is 0. The maximum Gasteiger partial charge on any atom is 0.286 e. The molecule has 2 nitrogen and oxygen atoms in total. The molecule has 5 heteroatoms. The Morgan fingerprint density at radius 3 is 2.64 bits per heavy atom. The van der Waals surface area contributed by atoms with Crippen LogP contribution in [0.4, 0.5) is 8.78 Å². The first kappa shape index (κ1) is 11.1. The molecule has 1 rings (SSSR count). The normalized spacial score (nSPS) is 11.1. The average Bonchev–Trinajstić information content (AvgIpc) is 2.18. The lowest BCUT2D eigenvalue weighted by atomic mass is 10.1. The third-order valence-electron chi connectivity index (χ3n) is 1.75. The highest BCUT2D eigenvalue weighted by Crippen LogP contribution is 2.33. The highest BCUT2D eigenvalue weighted by molar-refractivity contribution is 9.10. The minimum absolute atomic E-state index is 0.191. The van der Waals surface area contributed by atoms with Crippen LogP contribution in [0.2, 0.25) is 0 Å². The van der Waals surface area contributed by atoms with E-state index in [1.54, 1.807) is 6.07 Å². The number of hydrogen-bond donors (Lipinski definition) is 1. The zero-order valence-electron chi connectivity index (χ0n) is 7.10. The first-order valence-corrected chi connectivity index (χ1v) is 4.58. The summed E-state index contributed by atoms with van der Waals surface area (Å²) >= 11 is 2.99. The minimum Gasteiger partial charge on any atom is -0.325 e. The monoisotopic (exact) mass is 260 g/mol. The van der Waals surface area contributed by atoms with Crippen LogP contribution in [0.5, 0.6) is 0 Å².